The number of hydrogen-bond donors (Lipinski definition) is 0. The van der Waals surface area contributed by atoms with E-state index in [4.69, 9.17) is 11.6 Å². The van der Waals surface area contributed by atoms with Crippen molar-refractivity contribution >= 4 is 23.1 Å². The summed E-state index contributed by atoms with van der Waals surface area (Å²) in [5.41, 5.74) is -1.15. The number of carbonyl (C=O) groups is 1. The van der Waals surface area contributed by atoms with Crippen molar-refractivity contribution in [2.75, 3.05) is 7.05 Å². The zero-order valence-electron chi connectivity index (χ0n) is 13.1. The molecule has 0 aromatic heterocycles. The number of rotatable bonds is 4. The number of halogens is 5. The molecule has 2 aromatic rings. The van der Waals surface area contributed by atoms with E-state index in [9.17, 15) is 22.4 Å². The molecule has 0 unspecified atom stereocenters. The van der Waals surface area contributed by atoms with Crippen LogP contribution in [0.1, 0.15) is 11.1 Å². The van der Waals surface area contributed by atoms with Crippen LogP contribution in [0.4, 0.5) is 17.6 Å². The fourth-order valence-corrected chi connectivity index (χ4v) is 2.40. The molecule has 2 aromatic carbocycles. The Balaban J connectivity index is 2.29. The van der Waals surface area contributed by atoms with E-state index in [0.29, 0.717) is 6.08 Å². The van der Waals surface area contributed by atoms with Gasteiger partial charge in [-0.2, -0.15) is 13.2 Å². The normalized spacial score (nSPS) is 12.2. The first-order chi connectivity index (χ1) is 11.7. The Morgan fingerprint density at radius 1 is 1.12 bits per heavy atom. The molecular weight excluding hydrogens is 358 g/mol. The van der Waals surface area contributed by atoms with Gasteiger partial charge in [-0.25, -0.2) is 4.39 Å². The molecule has 0 bridgehead atoms. The van der Waals surface area contributed by atoms with Crippen LogP contribution >= 0.6 is 11.6 Å². The maximum absolute atomic E-state index is 13.8. The number of likely N-dealkylation sites (N-methyl/N-ethyl adjacent to an activating group) is 1. The zero-order chi connectivity index (χ0) is 18.6. The summed E-state index contributed by atoms with van der Waals surface area (Å²) in [7, 11) is 1.28. The summed E-state index contributed by atoms with van der Waals surface area (Å²) in [6, 6.07) is 11.0. The average Bonchev–Trinajstić information content (AvgIpc) is 2.55. The summed E-state index contributed by atoms with van der Waals surface area (Å²) in [6.07, 6.45) is -4.20. The monoisotopic (exact) mass is 371 g/mol. The summed E-state index contributed by atoms with van der Waals surface area (Å²) >= 11 is 5.88. The van der Waals surface area contributed by atoms with Gasteiger partial charge in [-0.1, -0.05) is 48.0 Å². The maximum Gasteiger partial charge on any atom is 0.417 e. The van der Waals surface area contributed by atoms with Gasteiger partial charge in [0.2, 0.25) is 5.91 Å². The fourth-order valence-electron chi connectivity index (χ4n) is 2.18. The van der Waals surface area contributed by atoms with Crippen LogP contribution in [0.5, 0.6) is 0 Å². The molecule has 7 heteroatoms. The van der Waals surface area contributed by atoms with Crippen LogP contribution in [0.3, 0.4) is 0 Å². The van der Waals surface area contributed by atoms with Gasteiger partial charge in [-0.3, -0.25) is 4.79 Å². The van der Waals surface area contributed by atoms with Gasteiger partial charge in [0.25, 0.3) is 0 Å². The summed E-state index contributed by atoms with van der Waals surface area (Å²) in [5.74, 6) is -1.54. The molecule has 25 heavy (non-hydrogen) atoms. The molecule has 0 fully saturated rings. The fraction of sp³-hybridized carbons (Fsp3) is 0.167. The molecule has 2 nitrogen and oxygen atoms in total. The Labute approximate surface area is 147 Å². The van der Waals surface area contributed by atoms with E-state index in [1.54, 1.807) is 6.07 Å². The van der Waals surface area contributed by atoms with Crippen LogP contribution in [0, 0.1) is 5.82 Å². The molecular formula is C18H14ClF4NO. The van der Waals surface area contributed by atoms with Crippen LogP contribution in [0.2, 0.25) is 5.02 Å². The van der Waals surface area contributed by atoms with E-state index in [1.165, 1.54) is 49.5 Å². The highest BCUT2D eigenvalue weighted by Crippen LogP contribution is 2.33. The lowest BCUT2D eigenvalue weighted by atomic mass is 10.0. The lowest BCUT2D eigenvalue weighted by Gasteiger charge is -2.18. The Morgan fingerprint density at radius 3 is 2.32 bits per heavy atom. The van der Waals surface area contributed by atoms with Crippen molar-refractivity contribution in [2.45, 2.75) is 12.7 Å². The molecule has 0 aliphatic carbocycles. The van der Waals surface area contributed by atoms with Crippen molar-refractivity contribution in [3.63, 3.8) is 0 Å². The second-order valence-electron chi connectivity index (χ2n) is 5.32. The molecule has 1 amide bonds. The molecule has 132 valence electrons. The number of amides is 1. The van der Waals surface area contributed by atoms with Crippen LogP contribution < -0.4 is 0 Å². The second-order valence-corrected chi connectivity index (χ2v) is 5.72. The minimum Gasteiger partial charge on any atom is -0.338 e. The van der Waals surface area contributed by atoms with Gasteiger partial charge < -0.3 is 4.90 Å². The third-order valence-corrected chi connectivity index (χ3v) is 3.85. The summed E-state index contributed by atoms with van der Waals surface area (Å²) in [4.78, 5) is 13.2. The Bertz CT molecular complexity index is 767. The van der Waals surface area contributed by atoms with Gasteiger partial charge in [0.1, 0.15) is 5.82 Å². The van der Waals surface area contributed by atoms with Crippen LogP contribution in [0.15, 0.2) is 54.6 Å². The van der Waals surface area contributed by atoms with Crippen molar-refractivity contribution in [3.05, 3.63) is 76.6 Å². The van der Waals surface area contributed by atoms with Gasteiger partial charge in [-0.05, 0) is 17.7 Å². The lowest BCUT2D eigenvalue weighted by molar-refractivity contribution is -0.125. The predicted molar refractivity (Wildman–Crippen MR) is 88.4 cm³/mol. The number of carbonyl (C=O) groups excluding carboxylic acids is 1. The van der Waals surface area contributed by atoms with Crippen LogP contribution in [0.25, 0.3) is 5.57 Å². The third kappa shape index (κ3) is 4.82. The Morgan fingerprint density at radius 2 is 1.76 bits per heavy atom. The largest absolute Gasteiger partial charge is 0.417 e. The number of alkyl halides is 3. The molecule has 0 radical (unpaired) electrons. The first-order valence-electron chi connectivity index (χ1n) is 7.22. The van der Waals surface area contributed by atoms with Gasteiger partial charge in [0.05, 0.1) is 5.57 Å². The molecule has 2 rings (SSSR count). The first kappa shape index (κ1) is 19.0. The van der Waals surface area contributed by atoms with Crippen molar-refractivity contribution < 1.29 is 22.4 Å². The average molecular weight is 372 g/mol. The van der Waals surface area contributed by atoms with E-state index in [1.807, 2.05) is 0 Å². The van der Waals surface area contributed by atoms with Crippen molar-refractivity contribution in [2.24, 2.45) is 0 Å². The highest BCUT2D eigenvalue weighted by atomic mass is 35.5. The van der Waals surface area contributed by atoms with Crippen molar-refractivity contribution in [3.8, 4) is 0 Å². The predicted octanol–water partition coefficient (Wildman–Crippen LogP) is 5.08. The van der Waals surface area contributed by atoms with Crippen molar-refractivity contribution in [1.29, 1.82) is 0 Å². The topological polar surface area (TPSA) is 20.3 Å². The van der Waals surface area contributed by atoms with Gasteiger partial charge in [0.15, 0.2) is 0 Å². The molecule has 0 spiro atoms. The summed E-state index contributed by atoms with van der Waals surface area (Å²) < 4.78 is 53.6. The number of nitrogens with zero attached hydrogens (tertiary/aromatic N) is 1. The van der Waals surface area contributed by atoms with E-state index in [2.05, 4.69) is 0 Å². The molecule has 0 atom stereocenters. The first-order valence-corrected chi connectivity index (χ1v) is 7.60. The number of allylic oxidation sites excluding steroid dienone is 1. The van der Waals surface area contributed by atoms with Gasteiger partial charge in [-0.15, -0.1) is 0 Å². The highest BCUT2D eigenvalue weighted by Gasteiger charge is 2.35. The number of hydrogen-bond acceptors (Lipinski definition) is 1. The van der Waals surface area contributed by atoms with Crippen molar-refractivity contribution in [1.82, 2.24) is 4.90 Å². The van der Waals surface area contributed by atoms with Gasteiger partial charge in [0, 0.05) is 30.3 Å². The zero-order valence-corrected chi connectivity index (χ0v) is 13.9. The van der Waals surface area contributed by atoms with Crippen LogP contribution in [-0.4, -0.2) is 24.0 Å². The van der Waals surface area contributed by atoms with Gasteiger partial charge >= 0.3 is 6.18 Å². The van der Waals surface area contributed by atoms with E-state index >= 15 is 0 Å². The van der Waals surface area contributed by atoms with E-state index < -0.39 is 23.5 Å². The molecule has 0 aliphatic rings. The molecule has 0 aliphatic heterocycles. The Kier molecular flexibility index (Phi) is 5.85. The quantitative estimate of drug-likeness (QED) is 0.542. The third-order valence-electron chi connectivity index (χ3n) is 3.49. The summed E-state index contributed by atoms with van der Waals surface area (Å²) in [6.45, 7) is -0.249. The summed E-state index contributed by atoms with van der Waals surface area (Å²) in [5, 5.41) is 0.0998. The minimum atomic E-state index is -4.70. The van der Waals surface area contributed by atoms with Crippen LogP contribution in [-0.2, 0) is 11.3 Å². The highest BCUT2D eigenvalue weighted by molar-refractivity contribution is 6.31. The molecule has 0 saturated heterocycles. The van der Waals surface area contributed by atoms with E-state index in [0.717, 1.165) is 4.90 Å². The number of benzene rings is 2. The van der Waals surface area contributed by atoms with E-state index in [-0.39, 0.29) is 22.7 Å². The SMILES string of the molecule is CN(Cc1c(F)cccc1Cl)C(=O)/C=C(/c1ccccc1)C(F)(F)F. The smallest absolute Gasteiger partial charge is 0.338 e. The second kappa shape index (κ2) is 7.70. The molecule has 0 saturated carbocycles. The molecule has 0 N–H and O–H groups in total. The molecule has 0 heterocycles. The minimum absolute atomic E-state index is 0.0432. The Hall–Kier alpha value is -2.34. The lowest BCUT2D eigenvalue weighted by Crippen LogP contribution is -2.26. The standard InChI is InChI=1S/C18H14ClF4NO/c1-24(11-13-15(19)8-5-9-16(13)20)17(25)10-14(18(21,22)23)12-6-3-2-4-7-12/h2-10H,11H2,1H3/b14-10-. The maximum atomic E-state index is 13.8.